The van der Waals surface area contributed by atoms with Gasteiger partial charge in [0, 0.05) is 14.8 Å². The number of amides is 2. The first-order valence-electron chi connectivity index (χ1n) is 9.10. The summed E-state index contributed by atoms with van der Waals surface area (Å²) in [6, 6.07) is 17.6. The fourth-order valence-electron chi connectivity index (χ4n) is 3.12. The smallest absolute Gasteiger partial charge is 0.269 e. The number of hydrogen-bond acceptors (Lipinski definition) is 3. The lowest BCUT2D eigenvalue weighted by Gasteiger charge is -2.33. The molecule has 2 aromatic rings. The van der Waals surface area contributed by atoms with Gasteiger partial charge in [0.15, 0.2) is 0 Å². The van der Waals surface area contributed by atoms with Gasteiger partial charge >= 0.3 is 0 Å². The van der Waals surface area contributed by atoms with Crippen LogP contribution in [-0.2, 0) is 4.79 Å². The van der Waals surface area contributed by atoms with Crippen molar-refractivity contribution in [3.8, 4) is 0 Å². The molecule has 0 aliphatic carbocycles. The molecule has 2 amide bonds. The van der Waals surface area contributed by atoms with Crippen LogP contribution < -0.4 is 20.7 Å². The van der Waals surface area contributed by atoms with Crippen LogP contribution in [0.5, 0.6) is 0 Å². The maximum Gasteiger partial charge on any atom is 0.269 e. The van der Waals surface area contributed by atoms with Crippen molar-refractivity contribution in [1.29, 1.82) is 0 Å². The first kappa shape index (κ1) is 19.6. The van der Waals surface area contributed by atoms with Crippen molar-refractivity contribution in [1.82, 2.24) is 10.9 Å². The Bertz CT molecular complexity index is 759. The van der Waals surface area contributed by atoms with Crippen molar-refractivity contribution in [2.45, 2.75) is 6.42 Å². The Balaban J connectivity index is 1.35. The van der Waals surface area contributed by atoms with E-state index in [1.807, 2.05) is 18.2 Å². The number of para-hydroxylation sites is 1. The van der Waals surface area contributed by atoms with E-state index < -0.39 is 0 Å². The summed E-state index contributed by atoms with van der Waals surface area (Å²) in [6.07, 6.45) is 0.396. The predicted molar refractivity (Wildman–Crippen MR) is 114 cm³/mol. The van der Waals surface area contributed by atoms with E-state index in [9.17, 15) is 9.59 Å². The van der Waals surface area contributed by atoms with E-state index in [0.717, 1.165) is 36.3 Å². The van der Waals surface area contributed by atoms with E-state index in [0.29, 0.717) is 12.0 Å². The van der Waals surface area contributed by atoms with Gasteiger partial charge in [0.1, 0.15) is 0 Å². The predicted octanol–water partition coefficient (Wildman–Crippen LogP) is 0.847. The molecule has 1 saturated heterocycles. The zero-order valence-corrected chi connectivity index (χ0v) is 17.2. The Kier molecular flexibility index (Phi) is 7.05. The van der Waals surface area contributed by atoms with E-state index in [4.69, 9.17) is 0 Å². The third-order valence-electron chi connectivity index (χ3n) is 4.72. The van der Waals surface area contributed by atoms with Gasteiger partial charge in [-0.1, -0.05) is 18.2 Å². The van der Waals surface area contributed by atoms with Gasteiger partial charge < -0.3 is 9.80 Å². The largest absolute Gasteiger partial charge is 0.360 e. The van der Waals surface area contributed by atoms with Crippen molar-refractivity contribution < 1.29 is 14.5 Å². The van der Waals surface area contributed by atoms with Crippen molar-refractivity contribution in [3.05, 3.63) is 63.7 Å². The summed E-state index contributed by atoms with van der Waals surface area (Å²) in [5.74, 6) is -0.463. The number of halogens is 1. The Labute approximate surface area is 173 Å². The minimum Gasteiger partial charge on any atom is -0.360 e. The minimum absolute atomic E-state index is 0.160. The Morgan fingerprint density at radius 2 is 1.63 bits per heavy atom. The third-order valence-corrected chi connectivity index (χ3v) is 5.44. The standard InChI is InChI=1S/C20H23IN4O2/c21-17-8-6-16(7-9-17)20(27)23-22-19(26)10-11-24-12-14-25(15-13-24)18-4-2-1-3-5-18/h1-9H,10-15H2,(H,22,26)(H,23,27)/p+1. The van der Waals surface area contributed by atoms with E-state index in [1.54, 1.807) is 12.1 Å². The maximum atomic E-state index is 12.0. The molecule has 1 fully saturated rings. The van der Waals surface area contributed by atoms with Crippen LogP contribution >= 0.6 is 22.6 Å². The lowest BCUT2D eigenvalue weighted by molar-refractivity contribution is -0.900. The molecule has 0 atom stereocenters. The number of nitrogens with zero attached hydrogens (tertiary/aromatic N) is 1. The van der Waals surface area contributed by atoms with Crippen LogP contribution in [0, 0.1) is 3.57 Å². The quantitative estimate of drug-likeness (QED) is 0.440. The second-order valence-corrected chi connectivity index (χ2v) is 7.83. The van der Waals surface area contributed by atoms with Crippen LogP contribution in [-0.4, -0.2) is 44.5 Å². The van der Waals surface area contributed by atoms with Gasteiger partial charge in [-0.05, 0) is 59.0 Å². The topological polar surface area (TPSA) is 65.9 Å². The van der Waals surface area contributed by atoms with Gasteiger partial charge in [0.2, 0.25) is 5.91 Å². The van der Waals surface area contributed by atoms with Gasteiger partial charge in [-0.2, -0.15) is 0 Å². The summed E-state index contributed by atoms with van der Waals surface area (Å²) in [6.45, 7) is 4.78. The number of carbonyl (C=O) groups excluding carboxylic acids is 2. The number of quaternary nitrogens is 1. The second-order valence-electron chi connectivity index (χ2n) is 6.58. The number of hydrogen-bond donors (Lipinski definition) is 3. The Morgan fingerprint density at radius 1 is 0.963 bits per heavy atom. The minimum atomic E-state index is -0.302. The molecule has 0 spiro atoms. The van der Waals surface area contributed by atoms with E-state index in [1.165, 1.54) is 10.6 Å². The highest BCUT2D eigenvalue weighted by Gasteiger charge is 2.20. The molecule has 1 heterocycles. The van der Waals surface area contributed by atoms with Gasteiger partial charge in [0.25, 0.3) is 5.91 Å². The summed E-state index contributed by atoms with van der Waals surface area (Å²) >= 11 is 2.18. The molecule has 0 bridgehead atoms. The molecule has 0 unspecified atom stereocenters. The van der Waals surface area contributed by atoms with Crippen molar-refractivity contribution in [2.24, 2.45) is 0 Å². The maximum absolute atomic E-state index is 12.0. The molecule has 1 aliphatic heterocycles. The molecule has 6 nitrogen and oxygen atoms in total. The summed E-state index contributed by atoms with van der Waals surface area (Å²) in [7, 11) is 0. The van der Waals surface area contributed by atoms with Gasteiger partial charge in [-0.3, -0.25) is 20.4 Å². The number of anilines is 1. The lowest BCUT2D eigenvalue weighted by Crippen LogP contribution is -3.15. The normalized spacial score (nSPS) is 14.6. The average Bonchev–Trinajstić information content (AvgIpc) is 2.72. The van der Waals surface area contributed by atoms with E-state index in [2.05, 4.69) is 62.6 Å². The van der Waals surface area contributed by atoms with Crippen LogP contribution in [0.15, 0.2) is 54.6 Å². The van der Waals surface area contributed by atoms with Crippen LogP contribution in [0.2, 0.25) is 0 Å². The average molecular weight is 479 g/mol. The van der Waals surface area contributed by atoms with Crippen molar-refractivity contribution in [2.75, 3.05) is 37.6 Å². The first-order chi connectivity index (χ1) is 13.1. The number of hydrazine groups is 1. The SMILES string of the molecule is O=C(CC[NH+]1CCN(c2ccccc2)CC1)NNC(=O)c1ccc(I)cc1. The first-order valence-corrected chi connectivity index (χ1v) is 10.2. The Hall–Kier alpha value is -2.13. The molecule has 142 valence electrons. The number of rotatable bonds is 5. The molecule has 3 rings (SSSR count). The zero-order valence-electron chi connectivity index (χ0n) is 15.1. The van der Waals surface area contributed by atoms with E-state index in [-0.39, 0.29) is 11.8 Å². The molecule has 7 heteroatoms. The summed E-state index contributed by atoms with van der Waals surface area (Å²) in [5, 5.41) is 0. The summed E-state index contributed by atoms with van der Waals surface area (Å²) in [5.41, 5.74) is 6.77. The molecular weight excluding hydrogens is 455 g/mol. The highest BCUT2D eigenvalue weighted by Crippen LogP contribution is 2.12. The molecule has 27 heavy (non-hydrogen) atoms. The van der Waals surface area contributed by atoms with Crippen LogP contribution in [0.1, 0.15) is 16.8 Å². The Morgan fingerprint density at radius 3 is 2.30 bits per heavy atom. The van der Waals surface area contributed by atoms with E-state index >= 15 is 0 Å². The summed E-state index contributed by atoms with van der Waals surface area (Å²) < 4.78 is 1.06. The van der Waals surface area contributed by atoms with Crippen LogP contribution in [0.3, 0.4) is 0 Å². The van der Waals surface area contributed by atoms with Crippen LogP contribution in [0.25, 0.3) is 0 Å². The molecule has 0 saturated carbocycles. The molecule has 2 aromatic carbocycles. The van der Waals surface area contributed by atoms with Gasteiger partial charge in [-0.25, -0.2) is 0 Å². The van der Waals surface area contributed by atoms with Gasteiger partial charge in [0.05, 0.1) is 39.1 Å². The number of carbonyl (C=O) groups is 2. The van der Waals surface area contributed by atoms with Crippen molar-refractivity contribution in [3.63, 3.8) is 0 Å². The molecule has 0 radical (unpaired) electrons. The van der Waals surface area contributed by atoms with Crippen LogP contribution in [0.4, 0.5) is 5.69 Å². The monoisotopic (exact) mass is 479 g/mol. The highest BCUT2D eigenvalue weighted by molar-refractivity contribution is 14.1. The molecule has 0 aromatic heterocycles. The molecular formula is C20H24IN4O2+. The fourth-order valence-corrected chi connectivity index (χ4v) is 3.48. The number of nitrogens with one attached hydrogen (secondary N) is 3. The highest BCUT2D eigenvalue weighted by atomic mass is 127. The molecule has 1 aliphatic rings. The zero-order chi connectivity index (χ0) is 19.1. The summed E-state index contributed by atoms with van der Waals surface area (Å²) in [4.78, 5) is 27.8. The number of piperazine rings is 1. The van der Waals surface area contributed by atoms with Gasteiger partial charge in [-0.15, -0.1) is 0 Å². The lowest BCUT2D eigenvalue weighted by atomic mass is 10.2. The third kappa shape index (κ3) is 5.93. The van der Waals surface area contributed by atoms with Crippen molar-refractivity contribution >= 4 is 40.1 Å². The second kappa shape index (κ2) is 9.70. The number of benzene rings is 2. The fraction of sp³-hybridized carbons (Fsp3) is 0.300. The molecule has 3 N–H and O–H groups in total.